The van der Waals surface area contributed by atoms with Gasteiger partial charge in [-0.15, -0.1) is 0 Å². The van der Waals surface area contributed by atoms with Crippen LogP contribution in [0.3, 0.4) is 0 Å². The van der Waals surface area contributed by atoms with E-state index in [2.05, 4.69) is 10.3 Å². The van der Waals surface area contributed by atoms with E-state index in [4.69, 9.17) is 9.88 Å². The third kappa shape index (κ3) is 4.56. The highest BCUT2D eigenvalue weighted by atomic mass is 32.2. The number of nitrogens with zero attached hydrogens (tertiary/aromatic N) is 2. The molecular weight excluding hydrogens is 380 g/mol. The van der Waals surface area contributed by atoms with Crippen LogP contribution < -0.4 is 15.2 Å². The number of aryl methyl sites for hydroxylation is 2. The highest BCUT2D eigenvalue weighted by molar-refractivity contribution is 7.89. The van der Waals surface area contributed by atoms with E-state index in [9.17, 15) is 13.2 Å². The predicted octanol–water partition coefficient (Wildman–Crippen LogP) is 2.21. The van der Waals surface area contributed by atoms with Gasteiger partial charge in [-0.05, 0) is 48.9 Å². The van der Waals surface area contributed by atoms with Crippen molar-refractivity contribution < 1.29 is 17.9 Å². The first-order valence-corrected chi connectivity index (χ1v) is 9.92. The first-order valence-electron chi connectivity index (χ1n) is 8.38. The number of primary sulfonamides is 1. The monoisotopic (exact) mass is 400 g/mol. The van der Waals surface area contributed by atoms with Crippen LogP contribution >= 0.6 is 0 Å². The number of carbonyl (C=O) groups is 1. The zero-order chi connectivity index (χ0) is 20.3. The van der Waals surface area contributed by atoms with E-state index >= 15 is 0 Å². The van der Waals surface area contributed by atoms with E-state index in [0.717, 1.165) is 5.82 Å². The number of hydrogen-bond donors (Lipinski definition) is 2. The average molecular weight is 400 g/mol. The molecule has 3 rings (SSSR count). The van der Waals surface area contributed by atoms with Gasteiger partial charge in [0.2, 0.25) is 10.0 Å². The molecule has 0 aliphatic carbocycles. The van der Waals surface area contributed by atoms with Crippen LogP contribution in [0.15, 0.2) is 59.8 Å². The van der Waals surface area contributed by atoms with Gasteiger partial charge >= 0.3 is 0 Å². The van der Waals surface area contributed by atoms with Gasteiger partial charge in [-0.1, -0.05) is 6.07 Å². The summed E-state index contributed by atoms with van der Waals surface area (Å²) >= 11 is 0. The summed E-state index contributed by atoms with van der Waals surface area (Å²) in [5.74, 6) is 1.00. The van der Waals surface area contributed by atoms with E-state index in [1.807, 2.05) is 17.8 Å². The molecule has 0 bridgehead atoms. The fraction of sp³-hybridized carbons (Fsp3) is 0.158. The molecule has 3 N–H and O–H groups in total. The van der Waals surface area contributed by atoms with Crippen LogP contribution in [-0.4, -0.2) is 23.9 Å². The smallest absolute Gasteiger partial charge is 0.255 e. The van der Waals surface area contributed by atoms with Crippen molar-refractivity contribution in [2.24, 2.45) is 12.2 Å². The lowest BCUT2D eigenvalue weighted by molar-refractivity contribution is 0.102. The Balaban J connectivity index is 1.68. The summed E-state index contributed by atoms with van der Waals surface area (Å²) < 4.78 is 30.6. The molecule has 0 spiro atoms. The van der Waals surface area contributed by atoms with Gasteiger partial charge in [0, 0.05) is 30.7 Å². The average Bonchev–Trinajstić information content (AvgIpc) is 3.05. The Morgan fingerprint density at radius 3 is 2.54 bits per heavy atom. The number of nitrogens with two attached hydrogens (primary N) is 1. The number of benzene rings is 2. The number of carbonyl (C=O) groups excluding carboxylic acids is 1. The molecule has 1 aromatic heterocycles. The molecule has 0 aliphatic heterocycles. The van der Waals surface area contributed by atoms with Gasteiger partial charge in [-0.3, -0.25) is 4.79 Å². The lowest BCUT2D eigenvalue weighted by Crippen LogP contribution is -2.17. The van der Waals surface area contributed by atoms with Crippen LogP contribution in [-0.2, 0) is 23.7 Å². The normalized spacial score (nSPS) is 11.2. The predicted molar refractivity (Wildman–Crippen MR) is 104 cm³/mol. The zero-order valence-electron chi connectivity index (χ0n) is 15.4. The lowest BCUT2D eigenvalue weighted by Gasteiger charge is -2.10. The van der Waals surface area contributed by atoms with Crippen LogP contribution in [0.2, 0.25) is 0 Å². The Kier molecular flexibility index (Phi) is 5.48. The third-order valence-corrected chi connectivity index (χ3v) is 5.09. The second kappa shape index (κ2) is 7.83. The summed E-state index contributed by atoms with van der Waals surface area (Å²) in [5, 5.41) is 7.88. The topological polar surface area (TPSA) is 116 Å². The molecule has 3 aromatic rings. The maximum Gasteiger partial charge on any atom is 0.255 e. The number of sulfonamides is 1. The van der Waals surface area contributed by atoms with Gasteiger partial charge in [-0.25, -0.2) is 18.5 Å². The molecule has 0 atom stereocenters. The quantitative estimate of drug-likeness (QED) is 0.658. The Morgan fingerprint density at radius 1 is 1.21 bits per heavy atom. The van der Waals surface area contributed by atoms with Crippen molar-refractivity contribution >= 4 is 21.6 Å². The number of ether oxygens (including phenoxy) is 1. The highest BCUT2D eigenvalue weighted by Gasteiger charge is 2.15. The van der Waals surface area contributed by atoms with E-state index in [-0.39, 0.29) is 10.5 Å². The molecule has 0 fully saturated rings. The molecule has 28 heavy (non-hydrogen) atoms. The minimum atomic E-state index is -3.89. The Bertz CT molecular complexity index is 1110. The summed E-state index contributed by atoms with van der Waals surface area (Å²) in [5.41, 5.74) is 1.43. The van der Waals surface area contributed by atoms with Crippen molar-refractivity contribution in [1.29, 1.82) is 0 Å². The SMILES string of the molecule is Cc1ccc(S(N)(=O)=O)cc1C(=O)Nc1ccc(OCc2nccn2C)cc1. The molecule has 8 nitrogen and oxygen atoms in total. The number of anilines is 1. The first kappa shape index (κ1) is 19.6. The number of imidazole rings is 1. The molecule has 146 valence electrons. The number of hydrogen-bond acceptors (Lipinski definition) is 5. The molecule has 1 amide bonds. The number of amides is 1. The Hall–Kier alpha value is -3.17. The minimum Gasteiger partial charge on any atom is -0.486 e. The van der Waals surface area contributed by atoms with Crippen LogP contribution in [0.1, 0.15) is 21.7 Å². The molecule has 9 heteroatoms. The van der Waals surface area contributed by atoms with Gasteiger partial charge in [-0.2, -0.15) is 0 Å². The van der Waals surface area contributed by atoms with Crippen molar-refractivity contribution in [1.82, 2.24) is 9.55 Å². The van der Waals surface area contributed by atoms with E-state index < -0.39 is 15.9 Å². The van der Waals surface area contributed by atoms with Gasteiger partial charge < -0.3 is 14.6 Å². The molecule has 0 saturated heterocycles. The third-order valence-electron chi connectivity index (χ3n) is 4.18. The second-order valence-electron chi connectivity index (χ2n) is 6.24. The van der Waals surface area contributed by atoms with Gasteiger partial charge in [0.1, 0.15) is 18.2 Å². The van der Waals surface area contributed by atoms with Crippen molar-refractivity contribution in [3.05, 3.63) is 71.8 Å². The highest BCUT2D eigenvalue weighted by Crippen LogP contribution is 2.19. The minimum absolute atomic E-state index is 0.110. The molecule has 0 saturated carbocycles. The fourth-order valence-corrected chi connectivity index (χ4v) is 3.08. The lowest BCUT2D eigenvalue weighted by atomic mass is 10.1. The van der Waals surface area contributed by atoms with Crippen molar-refractivity contribution in [2.45, 2.75) is 18.4 Å². The van der Waals surface area contributed by atoms with Crippen molar-refractivity contribution in [3.63, 3.8) is 0 Å². The summed E-state index contributed by atoms with van der Waals surface area (Å²) in [6.07, 6.45) is 3.54. The van der Waals surface area contributed by atoms with Gasteiger partial charge in [0.25, 0.3) is 5.91 Å². The Labute approximate surface area is 163 Å². The van der Waals surface area contributed by atoms with Crippen LogP contribution in [0.25, 0.3) is 0 Å². The van der Waals surface area contributed by atoms with Crippen molar-refractivity contribution in [2.75, 3.05) is 5.32 Å². The van der Waals surface area contributed by atoms with Crippen LogP contribution in [0.4, 0.5) is 5.69 Å². The molecule has 2 aromatic carbocycles. The number of aromatic nitrogens is 2. The number of rotatable bonds is 6. The summed E-state index contributed by atoms with van der Waals surface area (Å²) in [6.45, 7) is 2.05. The van der Waals surface area contributed by atoms with Crippen LogP contribution in [0.5, 0.6) is 5.75 Å². The Morgan fingerprint density at radius 2 is 1.93 bits per heavy atom. The largest absolute Gasteiger partial charge is 0.486 e. The molecule has 1 heterocycles. The van der Waals surface area contributed by atoms with E-state index in [1.165, 1.54) is 12.1 Å². The first-order chi connectivity index (χ1) is 13.2. The standard InChI is InChI=1S/C19H20N4O4S/c1-13-3-8-16(28(20,25)26)11-17(13)19(24)22-14-4-6-15(7-5-14)27-12-18-21-9-10-23(18)2/h3-11H,12H2,1-2H3,(H,22,24)(H2,20,25,26). The summed E-state index contributed by atoms with van der Waals surface area (Å²) in [4.78, 5) is 16.6. The van der Waals surface area contributed by atoms with Gasteiger partial charge in [0.15, 0.2) is 0 Å². The fourth-order valence-electron chi connectivity index (χ4n) is 2.54. The van der Waals surface area contributed by atoms with E-state index in [1.54, 1.807) is 43.5 Å². The second-order valence-corrected chi connectivity index (χ2v) is 7.80. The van der Waals surface area contributed by atoms with Crippen LogP contribution in [0, 0.1) is 6.92 Å². The van der Waals surface area contributed by atoms with Gasteiger partial charge in [0.05, 0.1) is 4.90 Å². The molecule has 0 unspecified atom stereocenters. The molecule has 0 radical (unpaired) electrons. The molecular formula is C19H20N4O4S. The summed E-state index contributed by atoms with van der Waals surface area (Å²) in [6, 6.07) is 11.0. The summed E-state index contributed by atoms with van der Waals surface area (Å²) in [7, 11) is -2.00. The van der Waals surface area contributed by atoms with Crippen molar-refractivity contribution in [3.8, 4) is 5.75 Å². The maximum absolute atomic E-state index is 12.5. The van der Waals surface area contributed by atoms with E-state index in [0.29, 0.717) is 23.6 Å². The zero-order valence-corrected chi connectivity index (χ0v) is 16.2. The number of nitrogens with one attached hydrogen (secondary N) is 1. The molecule has 0 aliphatic rings. The maximum atomic E-state index is 12.5.